The molecule has 3 rings (SSSR count). The Hall–Kier alpha value is -2.33. The summed E-state index contributed by atoms with van der Waals surface area (Å²) in [6.07, 6.45) is 0.982. The van der Waals surface area contributed by atoms with Crippen LogP contribution in [0.2, 0.25) is 0 Å². The van der Waals surface area contributed by atoms with Gasteiger partial charge in [0.15, 0.2) is 6.54 Å². The van der Waals surface area contributed by atoms with Gasteiger partial charge in [-0.05, 0) is 42.7 Å². The van der Waals surface area contributed by atoms with Gasteiger partial charge in [-0.1, -0.05) is 37.3 Å². The average molecular weight is 338 g/mol. The molecule has 4 heteroatoms. The van der Waals surface area contributed by atoms with Crippen LogP contribution in [0.3, 0.4) is 0 Å². The van der Waals surface area contributed by atoms with Crippen molar-refractivity contribution < 1.29 is 9.69 Å². The topological polar surface area (TPSA) is 36.8 Å². The van der Waals surface area contributed by atoms with Gasteiger partial charge in [0, 0.05) is 11.4 Å². The second-order valence-corrected chi connectivity index (χ2v) is 6.80. The first-order valence-electron chi connectivity index (χ1n) is 9.18. The van der Waals surface area contributed by atoms with E-state index in [9.17, 15) is 4.79 Å². The quantitative estimate of drug-likeness (QED) is 0.874. The number of aryl methyl sites for hydroxylation is 2. The zero-order valence-corrected chi connectivity index (χ0v) is 15.2. The second-order valence-electron chi connectivity index (χ2n) is 6.80. The molecule has 0 bridgehead atoms. The first kappa shape index (κ1) is 17.5. The number of piperazine rings is 1. The lowest BCUT2D eigenvalue weighted by Gasteiger charge is -2.34. The number of rotatable bonds is 5. The van der Waals surface area contributed by atoms with Crippen molar-refractivity contribution in [1.82, 2.24) is 0 Å². The van der Waals surface area contributed by atoms with Gasteiger partial charge in [0.05, 0.1) is 26.2 Å². The molecule has 0 spiro atoms. The van der Waals surface area contributed by atoms with E-state index in [1.807, 2.05) is 12.1 Å². The molecular formula is C21H28N3O+. The summed E-state index contributed by atoms with van der Waals surface area (Å²) in [5, 5.41) is 3.04. The highest BCUT2D eigenvalue weighted by Gasteiger charge is 2.23. The first-order valence-corrected chi connectivity index (χ1v) is 9.18. The van der Waals surface area contributed by atoms with E-state index in [1.165, 1.54) is 21.7 Å². The van der Waals surface area contributed by atoms with Crippen LogP contribution in [0, 0.1) is 6.92 Å². The molecule has 2 aromatic carbocycles. The Morgan fingerprint density at radius 1 is 1.12 bits per heavy atom. The van der Waals surface area contributed by atoms with Gasteiger partial charge in [-0.3, -0.25) is 4.79 Å². The number of hydrogen-bond acceptors (Lipinski definition) is 2. The zero-order chi connectivity index (χ0) is 17.6. The molecule has 4 nitrogen and oxygen atoms in total. The lowest BCUT2D eigenvalue weighted by Crippen LogP contribution is -3.15. The van der Waals surface area contributed by atoms with Crippen molar-refractivity contribution in [2.75, 3.05) is 42.9 Å². The van der Waals surface area contributed by atoms with Gasteiger partial charge in [-0.15, -0.1) is 0 Å². The van der Waals surface area contributed by atoms with Crippen molar-refractivity contribution in [2.24, 2.45) is 0 Å². The van der Waals surface area contributed by atoms with Crippen LogP contribution in [0.4, 0.5) is 11.4 Å². The first-order chi connectivity index (χ1) is 12.2. The number of hydrogen-bond donors (Lipinski definition) is 2. The Labute approximate surface area is 150 Å². The third kappa shape index (κ3) is 4.60. The Morgan fingerprint density at radius 2 is 1.88 bits per heavy atom. The Kier molecular flexibility index (Phi) is 5.71. The van der Waals surface area contributed by atoms with Crippen molar-refractivity contribution in [3.05, 3.63) is 59.7 Å². The highest BCUT2D eigenvalue weighted by atomic mass is 16.2. The molecular weight excluding hydrogens is 310 g/mol. The van der Waals surface area contributed by atoms with Crippen molar-refractivity contribution in [2.45, 2.75) is 20.3 Å². The SMILES string of the molecule is CCc1cccc(NC(=O)C[NH+]2CCN(c3ccccc3C)CC2)c1. The lowest BCUT2D eigenvalue weighted by atomic mass is 10.1. The molecule has 0 unspecified atom stereocenters. The lowest BCUT2D eigenvalue weighted by molar-refractivity contribution is -0.892. The minimum Gasteiger partial charge on any atom is -0.360 e. The molecule has 0 radical (unpaired) electrons. The molecule has 132 valence electrons. The van der Waals surface area contributed by atoms with E-state index in [-0.39, 0.29) is 5.91 Å². The molecule has 25 heavy (non-hydrogen) atoms. The molecule has 1 amide bonds. The number of nitrogens with one attached hydrogen (secondary N) is 2. The van der Waals surface area contributed by atoms with Crippen LogP contribution in [0.15, 0.2) is 48.5 Å². The molecule has 0 aliphatic carbocycles. The summed E-state index contributed by atoms with van der Waals surface area (Å²) in [6, 6.07) is 16.6. The van der Waals surface area contributed by atoms with Crippen LogP contribution in [0.25, 0.3) is 0 Å². The monoisotopic (exact) mass is 338 g/mol. The predicted octanol–water partition coefficient (Wildman–Crippen LogP) is 1.90. The van der Waals surface area contributed by atoms with Crippen LogP contribution in [-0.4, -0.2) is 38.6 Å². The molecule has 1 saturated heterocycles. The zero-order valence-electron chi connectivity index (χ0n) is 15.2. The van der Waals surface area contributed by atoms with Gasteiger partial charge in [0.1, 0.15) is 0 Å². The second kappa shape index (κ2) is 8.17. The third-order valence-electron chi connectivity index (χ3n) is 4.96. The van der Waals surface area contributed by atoms with Crippen LogP contribution in [0.1, 0.15) is 18.1 Å². The minimum absolute atomic E-state index is 0.104. The van der Waals surface area contributed by atoms with Crippen LogP contribution in [-0.2, 0) is 11.2 Å². The third-order valence-corrected chi connectivity index (χ3v) is 4.96. The smallest absolute Gasteiger partial charge is 0.279 e. The average Bonchev–Trinajstić information content (AvgIpc) is 2.63. The van der Waals surface area contributed by atoms with Gasteiger partial charge in [-0.25, -0.2) is 0 Å². The fourth-order valence-electron chi connectivity index (χ4n) is 3.46. The number of benzene rings is 2. The summed E-state index contributed by atoms with van der Waals surface area (Å²) in [5.74, 6) is 0.104. The molecule has 0 atom stereocenters. The summed E-state index contributed by atoms with van der Waals surface area (Å²) < 4.78 is 0. The van der Waals surface area contributed by atoms with E-state index < -0.39 is 0 Å². The minimum atomic E-state index is 0.104. The maximum absolute atomic E-state index is 12.3. The van der Waals surface area contributed by atoms with E-state index in [2.05, 4.69) is 60.5 Å². The van der Waals surface area contributed by atoms with E-state index >= 15 is 0 Å². The fourth-order valence-corrected chi connectivity index (χ4v) is 3.46. The Bertz CT molecular complexity index is 721. The van der Waals surface area contributed by atoms with Gasteiger partial charge < -0.3 is 15.1 Å². The molecule has 1 aliphatic heterocycles. The highest BCUT2D eigenvalue weighted by Crippen LogP contribution is 2.18. The maximum Gasteiger partial charge on any atom is 0.279 e. The number of carbonyl (C=O) groups excluding carboxylic acids is 1. The number of anilines is 2. The van der Waals surface area contributed by atoms with E-state index in [4.69, 9.17) is 0 Å². The van der Waals surface area contributed by atoms with Gasteiger partial charge in [0.2, 0.25) is 0 Å². The number of carbonyl (C=O) groups is 1. The summed E-state index contributed by atoms with van der Waals surface area (Å²) in [4.78, 5) is 16.1. The van der Waals surface area contributed by atoms with Crippen molar-refractivity contribution in [1.29, 1.82) is 0 Å². The molecule has 2 aromatic rings. The summed E-state index contributed by atoms with van der Waals surface area (Å²) in [6.45, 7) is 8.81. The maximum atomic E-state index is 12.3. The van der Waals surface area contributed by atoms with Crippen LogP contribution in [0.5, 0.6) is 0 Å². The standard InChI is InChI=1S/C21H27N3O/c1-3-18-8-6-9-19(15-18)22-21(25)16-23-11-13-24(14-12-23)20-10-5-4-7-17(20)2/h4-10,15H,3,11-14,16H2,1-2H3,(H,22,25)/p+1. The molecule has 1 aliphatic rings. The predicted molar refractivity (Wildman–Crippen MR) is 103 cm³/mol. The normalized spacial score (nSPS) is 15.2. The Balaban J connectivity index is 1.50. The van der Waals surface area contributed by atoms with Crippen LogP contribution >= 0.6 is 0 Å². The molecule has 2 N–H and O–H groups in total. The van der Waals surface area contributed by atoms with Crippen molar-refractivity contribution in [3.63, 3.8) is 0 Å². The molecule has 1 fully saturated rings. The van der Waals surface area contributed by atoms with Crippen LogP contribution < -0.4 is 15.1 Å². The summed E-state index contributed by atoms with van der Waals surface area (Å²) >= 11 is 0. The molecule has 1 heterocycles. The van der Waals surface area contributed by atoms with E-state index in [0.29, 0.717) is 6.54 Å². The number of quaternary nitrogens is 1. The number of para-hydroxylation sites is 1. The van der Waals surface area contributed by atoms with Gasteiger partial charge in [0.25, 0.3) is 5.91 Å². The molecule has 0 aromatic heterocycles. The van der Waals surface area contributed by atoms with E-state index in [1.54, 1.807) is 0 Å². The van der Waals surface area contributed by atoms with Gasteiger partial charge >= 0.3 is 0 Å². The van der Waals surface area contributed by atoms with Gasteiger partial charge in [-0.2, -0.15) is 0 Å². The highest BCUT2D eigenvalue weighted by molar-refractivity contribution is 5.91. The summed E-state index contributed by atoms with van der Waals surface area (Å²) in [5.41, 5.74) is 4.79. The number of amides is 1. The largest absolute Gasteiger partial charge is 0.360 e. The fraction of sp³-hybridized carbons (Fsp3) is 0.381. The molecule has 0 saturated carbocycles. The summed E-state index contributed by atoms with van der Waals surface area (Å²) in [7, 11) is 0. The Morgan fingerprint density at radius 3 is 2.60 bits per heavy atom. The number of nitrogens with zero attached hydrogens (tertiary/aromatic N) is 1. The van der Waals surface area contributed by atoms with Crippen molar-refractivity contribution in [3.8, 4) is 0 Å². The van der Waals surface area contributed by atoms with Crippen molar-refractivity contribution >= 4 is 17.3 Å². The van der Waals surface area contributed by atoms with E-state index in [0.717, 1.165) is 38.3 Å².